The standard InChI is InChI=1S/C20H17F3N6/c1-12(2)13-5-7-15(8-6-13)26-19-28-27-17-10-14(11-25-29(17)19)18-16(20(21,22)23)4-3-9-24-18/h3-12H,1-2H3,(H,26,28). The number of rotatable bonds is 4. The molecule has 4 aromatic rings. The summed E-state index contributed by atoms with van der Waals surface area (Å²) in [6.07, 6.45) is -1.88. The zero-order chi connectivity index (χ0) is 20.6. The molecule has 9 heteroatoms. The van der Waals surface area contributed by atoms with E-state index in [1.807, 2.05) is 24.3 Å². The van der Waals surface area contributed by atoms with Gasteiger partial charge in [-0.3, -0.25) is 4.98 Å². The van der Waals surface area contributed by atoms with Gasteiger partial charge >= 0.3 is 6.18 Å². The van der Waals surface area contributed by atoms with E-state index in [1.165, 1.54) is 34.6 Å². The molecule has 3 aromatic heterocycles. The summed E-state index contributed by atoms with van der Waals surface area (Å²) in [6.45, 7) is 4.23. The molecule has 1 aromatic carbocycles. The monoisotopic (exact) mass is 398 g/mol. The lowest BCUT2D eigenvalue weighted by atomic mass is 10.0. The second kappa shape index (κ2) is 7.16. The van der Waals surface area contributed by atoms with Crippen molar-refractivity contribution in [2.45, 2.75) is 25.9 Å². The Balaban J connectivity index is 1.67. The van der Waals surface area contributed by atoms with Gasteiger partial charge in [0.05, 0.1) is 17.5 Å². The number of alkyl halides is 3. The number of benzene rings is 1. The van der Waals surface area contributed by atoms with Gasteiger partial charge in [0.15, 0.2) is 5.65 Å². The number of halogens is 3. The van der Waals surface area contributed by atoms with Crippen molar-refractivity contribution in [1.82, 2.24) is 24.8 Å². The van der Waals surface area contributed by atoms with Crippen molar-refractivity contribution < 1.29 is 13.2 Å². The fourth-order valence-corrected chi connectivity index (χ4v) is 2.94. The van der Waals surface area contributed by atoms with Crippen LogP contribution in [-0.2, 0) is 6.18 Å². The summed E-state index contributed by atoms with van der Waals surface area (Å²) in [6, 6.07) is 11.6. The number of hydrogen-bond donors (Lipinski definition) is 1. The van der Waals surface area contributed by atoms with Gasteiger partial charge in [0.1, 0.15) is 0 Å². The van der Waals surface area contributed by atoms with E-state index in [9.17, 15) is 13.2 Å². The van der Waals surface area contributed by atoms with Crippen molar-refractivity contribution >= 4 is 17.3 Å². The average Bonchev–Trinajstić information content (AvgIpc) is 3.10. The molecule has 0 aliphatic rings. The van der Waals surface area contributed by atoms with Crippen LogP contribution in [0.2, 0.25) is 0 Å². The van der Waals surface area contributed by atoms with Gasteiger partial charge in [0, 0.05) is 17.4 Å². The van der Waals surface area contributed by atoms with Crippen molar-refractivity contribution in [1.29, 1.82) is 0 Å². The van der Waals surface area contributed by atoms with Crippen LogP contribution in [0.1, 0.15) is 30.9 Å². The molecule has 148 valence electrons. The highest BCUT2D eigenvalue weighted by atomic mass is 19.4. The van der Waals surface area contributed by atoms with E-state index in [-0.39, 0.29) is 11.3 Å². The minimum absolute atomic E-state index is 0.197. The van der Waals surface area contributed by atoms with Crippen molar-refractivity contribution in [3.05, 3.63) is 66.0 Å². The average molecular weight is 398 g/mol. The number of nitrogens with zero attached hydrogens (tertiary/aromatic N) is 5. The van der Waals surface area contributed by atoms with Crippen LogP contribution in [0, 0.1) is 0 Å². The number of aromatic nitrogens is 5. The first-order valence-corrected chi connectivity index (χ1v) is 8.94. The van der Waals surface area contributed by atoms with Crippen LogP contribution >= 0.6 is 0 Å². The molecule has 0 bridgehead atoms. The molecule has 0 fully saturated rings. The molecule has 1 N–H and O–H groups in total. The third-order valence-corrected chi connectivity index (χ3v) is 4.48. The van der Waals surface area contributed by atoms with Crippen LogP contribution in [0.4, 0.5) is 24.8 Å². The first-order valence-electron chi connectivity index (χ1n) is 8.94. The van der Waals surface area contributed by atoms with Gasteiger partial charge in [-0.15, -0.1) is 10.2 Å². The van der Waals surface area contributed by atoms with Gasteiger partial charge < -0.3 is 5.32 Å². The molecule has 0 atom stereocenters. The quantitative estimate of drug-likeness (QED) is 0.520. The summed E-state index contributed by atoms with van der Waals surface area (Å²) in [4.78, 5) is 3.89. The number of hydrogen-bond acceptors (Lipinski definition) is 5. The van der Waals surface area contributed by atoms with Crippen LogP contribution < -0.4 is 5.32 Å². The predicted molar refractivity (Wildman–Crippen MR) is 103 cm³/mol. The van der Waals surface area contributed by atoms with Crippen LogP contribution in [0.3, 0.4) is 0 Å². The van der Waals surface area contributed by atoms with E-state index in [1.54, 1.807) is 0 Å². The summed E-state index contributed by atoms with van der Waals surface area (Å²) >= 11 is 0. The molecule has 0 spiro atoms. The molecule has 0 aliphatic carbocycles. The lowest BCUT2D eigenvalue weighted by molar-refractivity contribution is -0.137. The topological polar surface area (TPSA) is 68.0 Å². The molecule has 29 heavy (non-hydrogen) atoms. The van der Waals surface area contributed by atoms with E-state index in [0.29, 0.717) is 17.5 Å². The molecule has 0 amide bonds. The SMILES string of the molecule is CC(C)c1ccc(Nc2nnc3cc(-c4ncccc4C(F)(F)F)cnn23)cc1. The molecular weight excluding hydrogens is 381 g/mol. The first kappa shape index (κ1) is 18.9. The highest BCUT2D eigenvalue weighted by molar-refractivity contribution is 5.67. The smallest absolute Gasteiger partial charge is 0.323 e. The maximum absolute atomic E-state index is 13.3. The second-order valence-corrected chi connectivity index (χ2v) is 6.84. The summed E-state index contributed by atoms with van der Waals surface area (Å²) in [7, 11) is 0. The predicted octanol–water partition coefficient (Wildman–Crippen LogP) is 5.07. The molecular formula is C20H17F3N6. The van der Waals surface area contributed by atoms with E-state index < -0.39 is 11.7 Å². The minimum Gasteiger partial charge on any atom is -0.323 e. The lowest BCUT2D eigenvalue weighted by Gasteiger charge is -2.11. The lowest BCUT2D eigenvalue weighted by Crippen LogP contribution is -2.08. The van der Waals surface area contributed by atoms with Gasteiger partial charge in [-0.05, 0) is 41.8 Å². The van der Waals surface area contributed by atoms with Crippen molar-refractivity contribution in [2.24, 2.45) is 0 Å². The highest BCUT2D eigenvalue weighted by Crippen LogP contribution is 2.35. The van der Waals surface area contributed by atoms with Crippen LogP contribution in [-0.4, -0.2) is 24.8 Å². The molecule has 0 unspecified atom stereocenters. The van der Waals surface area contributed by atoms with Gasteiger partial charge in [-0.2, -0.15) is 22.8 Å². The fraction of sp³-hybridized carbons (Fsp3) is 0.200. The number of pyridine rings is 1. The van der Waals surface area contributed by atoms with Crippen molar-refractivity contribution in [3.8, 4) is 11.3 Å². The number of nitrogens with one attached hydrogen (secondary N) is 1. The number of anilines is 2. The maximum atomic E-state index is 13.3. The molecule has 6 nitrogen and oxygen atoms in total. The highest BCUT2D eigenvalue weighted by Gasteiger charge is 2.34. The second-order valence-electron chi connectivity index (χ2n) is 6.84. The summed E-state index contributed by atoms with van der Waals surface area (Å²) < 4.78 is 41.2. The van der Waals surface area contributed by atoms with Gasteiger partial charge in [-0.1, -0.05) is 26.0 Å². The molecule has 0 aliphatic heterocycles. The van der Waals surface area contributed by atoms with Crippen LogP contribution in [0.15, 0.2) is 54.9 Å². The Labute approximate surface area is 164 Å². The molecule has 0 radical (unpaired) electrons. The number of fused-ring (bicyclic) bond motifs is 1. The van der Waals surface area contributed by atoms with Crippen molar-refractivity contribution in [3.63, 3.8) is 0 Å². The maximum Gasteiger partial charge on any atom is 0.418 e. The zero-order valence-corrected chi connectivity index (χ0v) is 15.6. The summed E-state index contributed by atoms with van der Waals surface area (Å²) in [5, 5.41) is 15.4. The molecule has 0 saturated heterocycles. The van der Waals surface area contributed by atoms with Crippen LogP contribution in [0.25, 0.3) is 16.9 Å². The van der Waals surface area contributed by atoms with Gasteiger partial charge in [0.25, 0.3) is 0 Å². The Morgan fingerprint density at radius 3 is 2.48 bits per heavy atom. The first-order chi connectivity index (χ1) is 13.8. The van der Waals surface area contributed by atoms with E-state index in [4.69, 9.17) is 0 Å². The Morgan fingerprint density at radius 1 is 1.03 bits per heavy atom. The van der Waals surface area contributed by atoms with Crippen LogP contribution in [0.5, 0.6) is 0 Å². The Morgan fingerprint density at radius 2 is 1.79 bits per heavy atom. The normalized spacial score (nSPS) is 11.9. The third-order valence-electron chi connectivity index (χ3n) is 4.48. The van der Waals surface area contributed by atoms with E-state index in [0.717, 1.165) is 11.8 Å². The van der Waals surface area contributed by atoms with Crippen molar-refractivity contribution in [2.75, 3.05) is 5.32 Å². The third kappa shape index (κ3) is 3.75. The van der Waals surface area contributed by atoms with Gasteiger partial charge in [0.2, 0.25) is 5.95 Å². The van der Waals surface area contributed by atoms with E-state index in [2.05, 4.69) is 39.4 Å². The Kier molecular flexibility index (Phi) is 4.65. The van der Waals surface area contributed by atoms with E-state index >= 15 is 0 Å². The zero-order valence-electron chi connectivity index (χ0n) is 15.6. The van der Waals surface area contributed by atoms with Gasteiger partial charge in [-0.25, -0.2) is 0 Å². The largest absolute Gasteiger partial charge is 0.418 e. The minimum atomic E-state index is -4.52. The Bertz CT molecular complexity index is 1150. The summed E-state index contributed by atoms with van der Waals surface area (Å²) in [5.41, 5.74) is 1.51. The fourth-order valence-electron chi connectivity index (χ4n) is 2.94. The molecule has 4 rings (SSSR count). The summed E-state index contributed by atoms with van der Waals surface area (Å²) in [5.74, 6) is 0.784. The molecule has 0 saturated carbocycles. The Hall–Kier alpha value is -3.49. The molecule has 3 heterocycles.